The van der Waals surface area contributed by atoms with Crippen molar-refractivity contribution < 1.29 is 19.1 Å². The Bertz CT molecular complexity index is 924. The molecule has 6 nitrogen and oxygen atoms in total. The fourth-order valence-corrected chi connectivity index (χ4v) is 3.34. The summed E-state index contributed by atoms with van der Waals surface area (Å²) in [5.41, 5.74) is 1.70. The van der Waals surface area contributed by atoms with Crippen LogP contribution in [0, 0.1) is 5.92 Å². The lowest BCUT2D eigenvalue weighted by Crippen LogP contribution is -2.29. The number of rotatable bonds is 7. The Morgan fingerprint density at radius 1 is 1.03 bits per heavy atom. The molecule has 2 aromatic carbocycles. The van der Waals surface area contributed by atoms with Crippen LogP contribution in [-0.2, 0) is 14.3 Å². The van der Waals surface area contributed by atoms with Gasteiger partial charge in [-0.15, -0.1) is 0 Å². The van der Waals surface area contributed by atoms with E-state index in [0.717, 1.165) is 18.4 Å². The van der Waals surface area contributed by atoms with Crippen LogP contribution in [0.5, 0.6) is 0 Å². The molecule has 1 aliphatic rings. The molecule has 0 unspecified atom stereocenters. The molecule has 2 N–H and O–H groups in total. The fraction of sp³-hybridized carbons (Fsp3) is 0.292. The van der Waals surface area contributed by atoms with Crippen molar-refractivity contribution in [2.75, 3.05) is 11.9 Å². The smallest absolute Gasteiger partial charge is 0.309 e. The number of para-hydroxylation sites is 1. The Balaban J connectivity index is 1.57. The lowest BCUT2D eigenvalue weighted by atomic mass is 9.95. The number of carbonyl (C=O) groups is 3. The second-order valence-corrected chi connectivity index (χ2v) is 7.29. The van der Waals surface area contributed by atoms with Gasteiger partial charge in [-0.2, -0.15) is 0 Å². The molecule has 2 amide bonds. The Labute approximate surface area is 176 Å². The van der Waals surface area contributed by atoms with Gasteiger partial charge in [0.2, 0.25) is 0 Å². The molecule has 0 saturated heterocycles. The number of allylic oxidation sites excluding steroid dienone is 2. The number of anilines is 1. The number of carbonyl (C=O) groups excluding carboxylic acids is 3. The summed E-state index contributed by atoms with van der Waals surface area (Å²) < 4.78 is 5.15. The first-order valence-corrected chi connectivity index (χ1v) is 10.1. The number of benzene rings is 2. The molecule has 0 radical (unpaired) electrons. The van der Waals surface area contributed by atoms with Gasteiger partial charge in [-0.3, -0.25) is 14.4 Å². The first-order chi connectivity index (χ1) is 14.5. The van der Waals surface area contributed by atoms with Gasteiger partial charge in [0.05, 0.1) is 23.2 Å². The van der Waals surface area contributed by atoms with Gasteiger partial charge in [-0.05, 0) is 43.9 Å². The van der Waals surface area contributed by atoms with E-state index < -0.39 is 5.91 Å². The van der Waals surface area contributed by atoms with Crippen molar-refractivity contribution in [2.24, 2.45) is 5.92 Å². The third-order valence-corrected chi connectivity index (χ3v) is 5.04. The van der Waals surface area contributed by atoms with Crippen molar-refractivity contribution in [3.63, 3.8) is 0 Å². The third kappa shape index (κ3) is 5.80. The summed E-state index contributed by atoms with van der Waals surface area (Å²) in [6.07, 6.45) is 6.22. The van der Waals surface area contributed by atoms with E-state index in [1.165, 1.54) is 0 Å². The van der Waals surface area contributed by atoms with Gasteiger partial charge >= 0.3 is 5.97 Å². The van der Waals surface area contributed by atoms with Crippen LogP contribution in [0.4, 0.5) is 5.69 Å². The molecule has 3 rings (SSSR count). The molecular formula is C24H26N2O4. The number of esters is 1. The normalized spacial score (nSPS) is 16.4. The second kappa shape index (κ2) is 10.4. The Kier molecular flexibility index (Phi) is 7.38. The van der Waals surface area contributed by atoms with E-state index in [9.17, 15) is 14.4 Å². The highest BCUT2D eigenvalue weighted by atomic mass is 16.5. The molecule has 6 heteroatoms. The molecular weight excluding hydrogens is 380 g/mol. The van der Waals surface area contributed by atoms with E-state index in [1.54, 1.807) is 24.3 Å². The molecule has 2 atom stereocenters. The number of hydrogen-bond donors (Lipinski definition) is 2. The number of hydrogen-bond acceptors (Lipinski definition) is 4. The molecule has 0 fully saturated rings. The lowest BCUT2D eigenvalue weighted by molar-refractivity contribution is -0.151. The number of amides is 2. The average Bonchev–Trinajstić information content (AvgIpc) is 2.79. The summed E-state index contributed by atoms with van der Waals surface area (Å²) in [6.45, 7) is 1.52. The molecule has 0 aliphatic heterocycles. The summed E-state index contributed by atoms with van der Waals surface area (Å²) >= 11 is 0. The van der Waals surface area contributed by atoms with Crippen molar-refractivity contribution in [2.45, 2.75) is 32.2 Å². The largest absolute Gasteiger partial charge is 0.455 e. The van der Waals surface area contributed by atoms with E-state index in [-0.39, 0.29) is 30.4 Å². The Hall–Kier alpha value is -3.41. The zero-order valence-corrected chi connectivity index (χ0v) is 17.0. The van der Waals surface area contributed by atoms with Gasteiger partial charge in [0, 0.05) is 0 Å². The average molecular weight is 406 g/mol. The monoisotopic (exact) mass is 406 g/mol. The summed E-state index contributed by atoms with van der Waals surface area (Å²) in [5.74, 6) is -1.34. The highest BCUT2D eigenvalue weighted by Gasteiger charge is 2.21. The summed E-state index contributed by atoms with van der Waals surface area (Å²) in [7, 11) is 0. The SMILES string of the molecule is C[C@@H](NC(=O)c1ccccc1NC(=O)COC(=O)[C@@H]1CC=CCC1)c1ccccc1. The first kappa shape index (κ1) is 21.3. The summed E-state index contributed by atoms with van der Waals surface area (Å²) in [4.78, 5) is 37.1. The van der Waals surface area contributed by atoms with Gasteiger partial charge in [-0.25, -0.2) is 0 Å². The summed E-state index contributed by atoms with van der Waals surface area (Å²) in [5, 5.41) is 5.61. The maximum absolute atomic E-state index is 12.7. The van der Waals surface area contributed by atoms with Crippen LogP contribution in [0.2, 0.25) is 0 Å². The van der Waals surface area contributed by atoms with E-state index in [2.05, 4.69) is 10.6 Å². The minimum Gasteiger partial charge on any atom is -0.455 e. The van der Waals surface area contributed by atoms with Crippen molar-refractivity contribution in [1.82, 2.24) is 5.32 Å². The molecule has 2 aromatic rings. The first-order valence-electron chi connectivity index (χ1n) is 10.1. The van der Waals surface area contributed by atoms with Gasteiger partial charge in [0.1, 0.15) is 0 Å². The van der Waals surface area contributed by atoms with E-state index in [0.29, 0.717) is 17.7 Å². The maximum atomic E-state index is 12.7. The van der Waals surface area contributed by atoms with Crippen molar-refractivity contribution in [3.8, 4) is 0 Å². The molecule has 0 spiro atoms. The Morgan fingerprint density at radius 2 is 1.77 bits per heavy atom. The minimum absolute atomic E-state index is 0.187. The van der Waals surface area contributed by atoms with Crippen LogP contribution < -0.4 is 10.6 Å². The Morgan fingerprint density at radius 3 is 2.50 bits per heavy atom. The van der Waals surface area contributed by atoms with Crippen molar-refractivity contribution >= 4 is 23.5 Å². The van der Waals surface area contributed by atoms with E-state index >= 15 is 0 Å². The van der Waals surface area contributed by atoms with Gasteiger partial charge in [0.15, 0.2) is 6.61 Å². The molecule has 1 aliphatic carbocycles. The maximum Gasteiger partial charge on any atom is 0.309 e. The second-order valence-electron chi connectivity index (χ2n) is 7.29. The highest BCUT2D eigenvalue weighted by Crippen LogP contribution is 2.20. The lowest BCUT2D eigenvalue weighted by Gasteiger charge is -2.17. The number of ether oxygens (including phenoxy) is 1. The standard InChI is InChI=1S/C24H26N2O4/c1-17(18-10-4-2-5-11-18)25-23(28)20-14-8-9-15-21(20)26-22(27)16-30-24(29)19-12-6-3-7-13-19/h2-6,8-11,14-15,17,19H,7,12-13,16H2,1H3,(H,25,28)(H,26,27)/t17-,19-/m1/s1. The zero-order chi connectivity index (χ0) is 21.3. The minimum atomic E-state index is -0.481. The summed E-state index contributed by atoms with van der Waals surface area (Å²) in [6, 6.07) is 16.2. The third-order valence-electron chi connectivity index (χ3n) is 5.04. The van der Waals surface area contributed by atoms with Gasteiger partial charge in [0.25, 0.3) is 11.8 Å². The predicted octanol–water partition coefficient (Wildman–Crippen LogP) is 4.02. The van der Waals surface area contributed by atoms with Crippen LogP contribution in [-0.4, -0.2) is 24.4 Å². The molecule has 30 heavy (non-hydrogen) atoms. The number of nitrogens with one attached hydrogen (secondary N) is 2. The van der Waals surface area contributed by atoms with Crippen molar-refractivity contribution in [1.29, 1.82) is 0 Å². The molecule has 0 saturated carbocycles. The van der Waals surface area contributed by atoms with Gasteiger partial charge < -0.3 is 15.4 Å². The van der Waals surface area contributed by atoms with E-state index in [1.807, 2.05) is 49.4 Å². The highest BCUT2D eigenvalue weighted by molar-refractivity contribution is 6.04. The molecule has 156 valence electrons. The predicted molar refractivity (Wildman–Crippen MR) is 115 cm³/mol. The zero-order valence-electron chi connectivity index (χ0n) is 17.0. The van der Waals surface area contributed by atoms with Crippen LogP contribution in [0.3, 0.4) is 0 Å². The molecule has 0 aromatic heterocycles. The van der Waals surface area contributed by atoms with Crippen LogP contribution in [0.1, 0.15) is 48.1 Å². The van der Waals surface area contributed by atoms with E-state index in [4.69, 9.17) is 4.74 Å². The van der Waals surface area contributed by atoms with Gasteiger partial charge in [-0.1, -0.05) is 54.6 Å². The topological polar surface area (TPSA) is 84.5 Å². The van der Waals surface area contributed by atoms with Crippen molar-refractivity contribution in [3.05, 3.63) is 77.9 Å². The quantitative estimate of drug-likeness (QED) is 0.537. The molecule has 0 bridgehead atoms. The molecule has 0 heterocycles. The van der Waals surface area contributed by atoms with Crippen LogP contribution >= 0.6 is 0 Å². The fourth-order valence-electron chi connectivity index (χ4n) is 3.34. The van der Waals surface area contributed by atoms with Crippen LogP contribution in [0.15, 0.2) is 66.7 Å². The van der Waals surface area contributed by atoms with Crippen LogP contribution in [0.25, 0.3) is 0 Å².